The van der Waals surface area contributed by atoms with E-state index >= 15 is 0 Å². The molecule has 0 aliphatic heterocycles. The lowest BCUT2D eigenvalue weighted by atomic mass is 9.57. The van der Waals surface area contributed by atoms with Gasteiger partial charge in [0.2, 0.25) is 11.8 Å². The highest BCUT2D eigenvalue weighted by molar-refractivity contribution is 5.66. The molecule has 0 amide bonds. The van der Waals surface area contributed by atoms with Crippen molar-refractivity contribution in [3.8, 4) is 17.3 Å². The Morgan fingerprint density at radius 2 is 1.73 bits per heavy atom. The largest absolute Gasteiger partial charge is 0.480 e. The number of hydrogen-bond acceptors (Lipinski definition) is 8. The van der Waals surface area contributed by atoms with Gasteiger partial charge < -0.3 is 10.1 Å². The molecule has 4 fully saturated rings. The topological polar surface area (TPSA) is 104 Å². The van der Waals surface area contributed by atoms with Crippen molar-refractivity contribution in [2.24, 2.45) is 5.41 Å². The van der Waals surface area contributed by atoms with E-state index in [2.05, 4.69) is 35.3 Å². The van der Waals surface area contributed by atoms with Gasteiger partial charge in [0.15, 0.2) is 11.5 Å². The Kier molecular flexibility index (Phi) is 5.61. The molecule has 3 aromatic rings. The lowest BCUT2D eigenvalue weighted by Gasteiger charge is -2.53. The van der Waals surface area contributed by atoms with E-state index in [9.17, 15) is 13.2 Å². The van der Waals surface area contributed by atoms with Crippen molar-refractivity contribution in [3.63, 3.8) is 0 Å². The minimum Gasteiger partial charge on any atom is -0.480 e. The van der Waals surface area contributed by atoms with Crippen LogP contribution < -0.4 is 10.1 Å². The third-order valence-electron chi connectivity index (χ3n) is 8.41. The van der Waals surface area contributed by atoms with E-state index in [-0.39, 0.29) is 11.0 Å². The Hall–Kier alpha value is -3.31. The third-order valence-corrected chi connectivity index (χ3v) is 8.41. The predicted octanol–water partition coefficient (Wildman–Crippen LogP) is 4.90. The first-order chi connectivity index (χ1) is 17.7. The molecule has 0 radical (unpaired) electrons. The smallest absolute Gasteiger partial charge is 0.435 e. The molecule has 2 bridgehead atoms. The second kappa shape index (κ2) is 8.63. The summed E-state index contributed by atoms with van der Waals surface area (Å²) in [6.07, 6.45) is 5.85. The van der Waals surface area contributed by atoms with Crippen LogP contribution in [0.4, 0.5) is 19.1 Å². The van der Waals surface area contributed by atoms with Crippen LogP contribution in [0.2, 0.25) is 0 Å². The maximum absolute atomic E-state index is 13.2. The first kappa shape index (κ1) is 24.1. The van der Waals surface area contributed by atoms with Gasteiger partial charge in [-0.05, 0) is 69.8 Å². The van der Waals surface area contributed by atoms with Crippen LogP contribution in [0, 0.1) is 12.3 Å². The molecule has 0 unspecified atom stereocenters. The number of ether oxygens (including phenoxy) is 1. The van der Waals surface area contributed by atoms with Crippen molar-refractivity contribution in [1.82, 2.24) is 34.7 Å². The predicted molar refractivity (Wildman–Crippen MR) is 128 cm³/mol. The zero-order chi connectivity index (χ0) is 25.8. The number of hydrogen-bond donors (Lipinski definition) is 1. The fourth-order valence-corrected chi connectivity index (χ4v) is 6.10. The van der Waals surface area contributed by atoms with Gasteiger partial charge in [-0.25, -0.2) is 19.9 Å². The van der Waals surface area contributed by atoms with E-state index in [1.165, 1.54) is 12.7 Å². The van der Waals surface area contributed by atoms with Gasteiger partial charge in [0.1, 0.15) is 18.2 Å². The fraction of sp³-hybridized carbons (Fsp3) is 0.600. The van der Waals surface area contributed by atoms with Crippen LogP contribution in [-0.2, 0) is 11.7 Å². The van der Waals surface area contributed by atoms with Crippen molar-refractivity contribution < 1.29 is 17.9 Å². The molecule has 0 saturated heterocycles. The zero-order valence-electron chi connectivity index (χ0n) is 20.8. The zero-order valence-corrected chi connectivity index (χ0v) is 20.8. The Morgan fingerprint density at radius 1 is 1.03 bits per heavy atom. The number of methoxy groups -OCH3 is 1. The number of alkyl halides is 3. The number of aromatic nitrogens is 7. The molecule has 4 saturated carbocycles. The molecular weight excluding hydrogens is 485 g/mol. The van der Waals surface area contributed by atoms with E-state index in [0.29, 0.717) is 41.4 Å². The summed E-state index contributed by atoms with van der Waals surface area (Å²) in [5.41, 5.74) is 1.10. The van der Waals surface area contributed by atoms with Gasteiger partial charge in [-0.15, -0.1) is 0 Å². The molecule has 3 heterocycles. The maximum Gasteiger partial charge on any atom is 0.435 e. The Bertz CT molecular complexity index is 1290. The summed E-state index contributed by atoms with van der Waals surface area (Å²) in [5, 5.41) is 7.41. The molecule has 4 aliphatic rings. The van der Waals surface area contributed by atoms with E-state index in [4.69, 9.17) is 4.74 Å². The first-order valence-electron chi connectivity index (χ1n) is 12.7. The molecule has 4 aliphatic carbocycles. The standard InChI is InChI=1S/C25H29F3N8O/c1-15-11-17(25(26,27)28)35-36(15)24-8-5-23(6-9-24,7-10-24)12-29-22-33-14-31-20(34-22)18-19(16-3-4-16)30-13-32-21(18)37-2/h11,13-14,16H,3-10,12H2,1-2H3,(H,29,31,33,34). The van der Waals surface area contributed by atoms with Crippen LogP contribution in [0.3, 0.4) is 0 Å². The van der Waals surface area contributed by atoms with Crippen LogP contribution in [0.25, 0.3) is 11.4 Å². The van der Waals surface area contributed by atoms with Gasteiger partial charge >= 0.3 is 6.18 Å². The second-order valence-electron chi connectivity index (χ2n) is 10.7. The van der Waals surface area contributed by atoms with Crippen molar-refractivity contribution in [2.45, 2.75) is 75.9 Å². The lowest BCUT2D eigenvalue weighted by molar-refractivity contribution is -0.142. The van der Waals surface area contributed by atoms with Crippen LogP contribution in [0.1, 0.15) is 74.4 Å². The summed E-state index contributed by atoms with van der Waals surface area (Å²) in [6.45, 7) is 2.41. The summed E-state index contributed by atoms with van der Waals surface area (Å²) in [5.74, 6) is 1.78. The highest BCUT2D eigenvalue weighted by atomic mass is 19.4. The monoisotopic (exact) mass is 514 g/mol. The summed E-state index contributed by atoms with van der Waals surface area (Å²) >= 11 is 0. The number of fused-ring (bicyclic) bond motifs is 3. The summed E-state index contributed by atoms with van der Waals surface area (Å²) in [4.78, 5) is 22.1. The van der Waals surface area contributed by atoms with Crippen LogP contribution in [0.15, 0.2) is 18.7 Å². The van der Waals surface area contributed by atoms with Gasteiger partial charge in [-0.2, -0.15) is 23.3 Å². The Balaban J connectivity index is 1.17. The maximum atomic E-state index is 13.2. The second-order valence-corrected chi connectivity index (χ2v) is 10.7. The molecule has 3 aromatic heterocycles. The number of anilines is 1. The molecule has 7 rings (SSSR count). The van der Waals surface area contributed by atoms with Crippen molar-refractivity contribution in [1.29, 1.82) is 0 Å². The number of nitrogens with one attached hydrogen (secondary N) is 1. The Labute approximate surface area is 212 Å². The molecule has 37 heavy (non-hydrogen) atoms. The Morgan fingerprint density at radius 3 is 2.35 bits per heavy atom. The van der Waals surface area contributed by atoms with Crippen molar-refractivity contribution in [2.75, 3.05) is 19.0 Å². The average molecular weight is 515 g/mol. The minimum absolute atomic E-state index is 0.0508. The minimum atomic E-state index is -4.43. The van der Waals surface area contributed by atoms with Crippen LogP contribution in [-0.4, -0.2) is 48.4 Å². The quantitative estimate of drug-likeness (QED) is 0.475. The van der Waals surface area contributed by atoms with Gasteiger partial charge in [-0.3, -0.25) is 4.68 Å². The SMILES string of the molecule is COc1ncnc(C2CC2)c1-c1ncnc(NCC23CCC(n4nc(C(F)(F)F)cc4C)(CC2)CC3)n1. The molecular formula is C25H29F3N8O. The molecule has 0 aromatic carbocycles. The van der Waals surface area contributed by atoms with E-state index in [1.807, 2.05) is 0 Å². The summed E-state index contributed by atoms with van der Waals surface area (Å²) in [7, 11) is 1.57. The number of aryl methyl sites for hydroxylation is 1. The molecule has 1 N–H and O–H groups in total. The van der Waals surface area contributed by atoms with Crippen LogP contribution in [0.5, 0.6) is 5.88 Å². The summed E-state index contributed by atoms with van der Waals surface area (Å²) in [6, 6.07) is 1.16. The van der Waals surface area contributed by atoms with E-state index < -0.39 is 11.9 Å². The molecule has 12 heteroatoms. The molecule has 0 spiro atoms. The van der Waals surface area contributed by atoms with Crippen LogP contribution >= 0.6 is 0 Å². The normalized spacial score (nSPS) is 25.3. The lowest BCUT2D eigenvalue weighted by Crippen LogP contribution is -2.50. The van der Waals surface area contributed by atoms with E-state index in [1.54, 1.807) is 18.7 Å². The average Bonchev–Trinajstić information content (AvgIpc) is 3.68. The summed E-state index contributed by atoms with van der Waals surface area (Å²) < 4.78 is 46.9. The first-order valence-corrected chi connectivity index (χ1v) is 12.7. The third kappa shape index (κ3) is 4.29. The van der Waals surface area contributed by atoms with Gasteiger partial charge in [-0.1, -0.05) is 0 Å². The van der Waals surface area contributed by atoms with E-state index in [0.717, 1.165) is 63.1 Å². The fourth-order valence-electron chi connectivity index (χ4n) is 6.10. The van der Waals surface area contributed by atoms with Crippen molar-refractivity contribution in [3.05, 3.63) is 35.8 Å². The highest BCUT2D eigenvalue weighted by Crippen LogP contribution is 2.56. The molecule has 0 atom stereocenters. The highest BCUT2D eigenvalue weighted by Gasteiger charge is 2.51. The number of nitrogens with zero attached hydrogens (tertiary/aromatic N) is 7. The van der Waals surface area contributed by atoms with Gasteiger partial charge in [0, 0.05) is 18.2 Å². The van der Waals surface area contributed by atoms with Gasteiger partial charge in [0.05, 0.1) is 18.3 Å². The number of rotatable bonds is 7. The van der Waals surface area contributed by atoms with Crippen molar-refractivity contribution >= 4 is 5.95 Å². The molecule has 9 nitrogen and oxygen atoms in total. The number of halogens is 3. The van der Waals surface area contributed by atoms with Gasteiger partial charge in [0.25, 0.3) is 0 Å². The molecule has 196 valence electrons.